The van der Waals surface area contributed by atoms with Crippen LogP contribution in [0.2, 0.25) is 5.02 Å². The van der Waals surface area contributed by atoms with Crippen molar-refractivity contribution in [3.8, 4) is 0 Å². The van der Waals surface area contributed by atoms with Crippen LogP contribution in [0.1, 0.15) is 34.1 Å². The van der Waals surface area contributed by atoms with Gasteiger partial charge in [-0.2, -0.15) is 0 Å². The van der Waals surface area contributed by atoms with Gasteiger partial charge in [-0.3, -0.25) is 4.79 Å². The number of hydrogen-bond acceptors (Lipinski definition) is 2. The van der Waals surface area contributed by atoms with Crippen LogP contribution in [0, 0.1) is 5.82 Å². The number of carbonyl (C=O) groups is 2. The Balaban J connectivity index is 1.93. The minimum atomic E-state index is -1.11. The van der Waals surface area contributed by atoms with E-state index in [1.165, 1.54) is 18.2 Å². The molecule has 0 bridgehead atoms. The second-order valence-corrected chi connectivity index (χ2v) is 6.87. The quantitative estimate of drug-likeness (QED) is 0.686. The van der Waals surface area contributed by atoms with E-state index in [4.69, 9.17) is 16.7 Å². The van der Waals surface area contributed by atoms with Crippen LogP contribution in [0.3, 0.4) is 0 Å². The Bertz CT molecular complexity index is 884. The van der Waals surface area contributed by atoms with Gasteiger partial charge in [-0.05, 0) is 52.5 Å². The van der Waals surface area contributed by atoms with E-state index in [0.29, 0.717) is 28.8 Å². The Hall–Kier alpha value is -2.06. The average Bonchev–Trinajstić information content (AvgIpc) is 3.03. The summed E-state index contributed by atoms with van der Waals surface area (Å²) in [4.78, 5) is 23.7. The maximum absolute atomic E-state index is 13.2. The number of aromatic nitrogens is 1. The number of benzene rings is 1. The molecule has 0 radical (unpaired) electrons. The lowest BCUT2D eigenvalue weighted by molar-refractivity contribution is 0.101. The fourth-order valence-electron chi connectivity index (χ4n) is 3.12. The van der Waals surface area contributed by atoms with Crippen LogP contribution in [0.5, 0.6) is 0 Å². The number of nitrogens with zero attached hydrogens (tertiary/aromatic N) is 1. The van der Waals surface area contributed by atoms with E-state index >= 15 is 0 Å². The Morgan fingerprint density at radius 2 is 2.16 bits per heavy atom. The largest absolute Gasteiger partial charge is 0.465 e. The van der Waals surface area contributed by atoms with Crippen LogP contribution in [0.15, 0.2) is 22.8 Å². The Kier molecular flexibility index (Phi) is 4.75. The predicted molar refractivity (Wildman–Crippen MR) is 94.7 cm³/mol. The number of amides is 2. The van der Waals surface area contributed by atoms with E-state index in [0.717, 1.165) is 11.1 Å². The van der Waals surface area contributed by atoms with Crippen LogP contribution in [-0.4, -0.2) is 21.7 Å². The van der Waals surface area contributed by atoms with Gasteiger partial charge in [0.2, 0.25) is 0 Å². The molecule has 0 aliphatic heterocycles. The molecule has 1 aliphatic carbocycles. The molecule has 9 heteroatoms. The second kappa shape index (κ2) is 6.68. The summed E-state index contributed by atoms with van der Waals surface area (Å²) in [6, 6.07) is 3.57. The number of halogens is 3. The SMILES string of the molecule is Cn1c(Br)c2c(c1C(=O)Nc1ccc(F)c(Cl)c1)CCC2NC(=O)O. The molecule has 132 valence electrons. The molecule has 25 heavy (non-hydrogen) atoms. The Morgan fingerprint density at radius 3 is 2.80 bits per heavy atom. The molecular formula is C16H14BrClFN3O3. The van der Waals surface area contributed by atoms with Crippen molar-refractivity contribution >= 4 is 45.2 Å². The van der Waals surface area contributed by atoms with Crippen molar-refractivity contribution in [2.24, 2.45) is 7.05 Å². The molecule has 1 heterocycles. The van der Waals surface area contributed by atoms with Crippen LogP contribution in [-0.2, 0) is 13.5 Å². The van der Waals surface area contributed by atoms with Crippen molar-refractivity contribution in [3.05, 3.63) is 50.5 Å². The summed E-state index contributed by atoms with van der Waals surface area (Å²) in [6.45, 7) is 0. The molecule has 3 N–H and O–H groups in total. The number of anilines is 1. The van der Waals surface area contributed by atoms with Crippen molar-refractivity contribution in [1.29, 1.82) is 0 Å². The third-order valence-corrected chi connectivity index (χ3v) is 5.43. The highest BCUT2D eigenvalue weighted by atomic mass is 79.9. The molecule has 1 atom stereocenters. The number of carboxylic acid groups (broad SMARTS) is 1. The van der Waals surface area contributed by atoms with Gasteiger partial charge in [-0.1, -0.05) is 11.6 Å². The van der Waals surface area contributed by atoms with Crippen molar-refractivity contribution in [2.45, 2.75) is 18.9 Å². The number of fused-ring (bicyclic) bond motifs is 1. The minimum Gasteiger partial charge on any atom is -0.465 e. The maximum atomic E-state index is 13.2. The summed E-state index contributed by atoms with van der Waals surface area (Å²) in [7, 11) is 1.72. The number of hydrogen-bond donors (Lipinski definition) is 3. The van der Waals surface area contributed by atoms with Gasteiger partial charge in [0, 0.05) is 18.3 Å². The van der Waals surface area contributed by atoms with Crippen LogP contribution < -0.4 is 10.6 Å². The maximum Gasteiger partial charge on any atom is 0.405 e. The lowest BCUT2D eigenvalue weighted by atomic mass is 10.1. The highest BCUT2D eigenvalue weighted by Crippen LogP contribution is 2.40. The molecule has 0 spiro atoms. The summed E-state index contributed by atoms with van der Waals surface area (Å²) < 4.78 is 15.6. The van der Waals surface area contributed by atoms with Gasteiger partial charge in [0.25, 0.3) is 5.91 Å². The number of nitrogens with one attached hydrogen (secondary N) is 2. The Morgan fingerprint density at radius 1 is 1.44 bits per heavy atom. The smallest absolute Gasteiger partial charge is 0.405 e. The third-order valence-electron chi connectivity index (χ3n) is 4.18. The van der Waals surface area contributed by atoms with Crippen LogP contribution >= 0.6 is 27.5 Å². The van der Waals surface area contributed by atoms with Gasteiger partial charge in [0.05, 0.1) is 15.7 Å². The van der Waals surface area contributed by atoms with Crippen LogP contribution in [0.4, 0.5) is 14.9 Å². The minimum absolute atomic E-state index is 0.0817. The van der Waals surface area contributed by atoms with Gasteiger partial charge in [-0.25, -0.2) is 9.18 Å². The normalized spacial score (nSPS) is 15.8. The van der Waals surface area contributed by atoms with Gasteiger partial charge in [0.15, 0.2) is 0 Å². The van der Waals surface area contributed by atoms with Crippen molar-refractivity contribution in [3.63, 3.8) is 0 Å². The van der Waals surface area contributed by atoms with Gasteiger partial charge >= 0.3 is 6.09 Å². The lowest BCUT2D eigenvalue weighted by Crippen LogP contribution is -2.25. The molecule has 1 aliphatic rings. The highest BCUT2D eigenvalue weighted by Gasteiger charge is 2.34. The molecule has 1 aromatic heterocycles. The fraction of sp³-hybridized carbons (Fsp3) is 0.250. The van der Waals surface area contributed by atoms with Crippen molar-refractivity contribution in [2.75, 3.05) is 5.32 Å². The number of rotatable bonds is 3. The van der Waals surface area contributed by atoms with E-state index < -0.39 is 11.9 Å². The van der Waals surface area contributed by atoms with E-state index in [1.807, 2.05) is 0 Å². The molecule has 0 saturated carbocycles. The monoisotopic (exact) mass is 429 g/mol. The first-order valence-corrected chi connectivity index (χ1v) is 8.59. The first kappa shape index (κ1) is 17.8. The summed E-state index contributed by atoms with van der Waals surface area (Å²) >= 11 is 9.17. The average molecular weight is 431 g/mol. The highest BCUT2D eigenvalue weighted by molar-refractivity contribution is 9.10. The molecule has 3 rings (SSSR count). The van der Waals surface area contributed by atoms with E-state index in [2.05, 4.69) is 26.6 Å². The molecule has 2 amide bonds. The molecule has 0 fully saturated rings. The van der Waals surface area contributed by atoms with Gasteiger partial charge < -0.3 is 20.3 Å². The predicted octanol–water partition coefficient (Wildman–Crippen LogP) is 4.09. The van der Waals surface area contributed by atoms with Crippen LogP contribution in [0.25, 0.3) is 0 Å². The summed E-state index contributed by atoms with van der Waals surface area (Å²) in [6.07, 6.45) is 0.0478. The summed E-state index contributed by atoms with van der Waals surface area (Å²) in [5, 5.41) is 14.0. The van der Waals surface area contributed by atoms with Crippen molar-refractivity contribution < 1.29 is 19.1 Å². The molecule has 6 nitrogen and oxygen atoms in total. The van der Waals surface area contributed by atoms with E-state index in [1.54, 1.807) is 11.6 Å². The number of carbonyl (C=O) groups excluding carboxylic acids is 1. The fourth-order valence-corrected chi connectivity index (χ4v) is 3.99. The van der Waals surface area contributed by atoms with Gasteiger partial charge in [0.1, 0.15) is 11.5 Å². The first-order chi connectivity index (χ1) is 11.8. The first-order valence-electron chi connectivity index (χ1n) is 7.42. The Labute approximate surface area is 156 Å². The zero-order valence-corrected chi connectivity index (χ0v) is 15.4. The molecule has 2 aromatic rings. The van der Waals surface area contributed by atoms with E-state index in [-0.39, 0.29) is 17.0 Å². The topological polar surface area (TPSA) is 83.4 Å². The third kappa shape index (κ3) is 3.23. The van der Waals surface area contributed by atoms with Gasteiger partial charge in [-0.15, -0.1) is 0 Å². The summed E-state index contributed by atoms with van der Waals surface area (Å²) in [5.74, 6) is -0.937. The standard InChI is InChI=1S/C16H14BrClFN3O3/c1-22-13(15(23)20-7-2-4-10(19)9(18)6-7)8-3-5-11(21-16(24)25)12(8)14(22)17/h2,4,6,11,21H,3,5H2,1H3,(H,20,23)(H,24,25). The zero-order chi connectivity index (χ0) is 18.3. The van der Waals surface area contributed by atoms with E-state index in [9.17, 15) is 14.0 Å². The molecular weight excluding hydrogens is 417 g/mol. The lowest BCUT2D eigenvalue weighted by Gasteiger charge is -2.12. The van der Waals surface area contributed by atoms with Crippen molar-refractivity contribution in [1.82, 2.24) is 9.88 Å². The second-order valence-electron chi connectivity index (χ2n) is 5.71. The zero-order valence-electron chi connectivity index (χ0n) is 13.1. The molecule has 1 aromatic carbocycles. The molecule has 0 saturated heterocycles. The summed E-state index contributed by atoms with van der Waals surface area (Å²) in [5.41, 5.74) is 2.36. The molecule has 1 unspecified atom stereocenters.